The van der Waals surface area contributed by atoms with Gasteiger partial charge in [0.1, 0.15) is 17.4 Å². The summed E-state index contributed by atoms with van der Waals surface area (Å²) in [7, 11) is -2.37. The number of halogens is 2. The molecule has 3 aromatic carbocycles. The molecule has 0 radical (unpaired) electrons. The molecule has 0 saturated heterocycles. The van der Waals surface area contributed by atoms with Crippen molar-refractivity contribution in [1.82, 2.24) is 13.7 Å². The monoisotopic (exact) mass is 510 g/mol. The smallest absolute Gasteiger partial charge is 0.263 e. The molecule has 0 unspecified atom stereocenters. The van der Waals surface area contributed by atoms with E-state index in [1.54, 1.807) is 42.6 Å². The van der Waals surface area contributed by atoms with E-state index in [0.29, 0.717) is 38.9 Å². The fraction of sp³-hybridized carbons (Fsp3) is 0.0417. The third-order valence-corrected chi connectivity index (χ3v) is 7.13. The van der Waals surface area contributed by atoms with E-state index < -0.39 is 21.7 Å². The van der Waals surface area contributed by atoms with E-state index >= 15 is 0 Å². The Labute approximate surface area is 203 Å². The summed E-state index contributed by atoms with van der Waals surface area (Å²) >= 11 is 0.898. The molecule has 5 rings (SSSR count). The van der Waals surface area contributed by atoms with Crippen LogP contribution in [0.1, 0.15) is 0 Å². The fourth-order valence-corrected chi connectivity index (χ4v) is 5.18. The van der Waals surface area contributed by atoms with Crippen LogP contribution in [-0.2, 0) is 10.0 Å². The van der Waals surface area contributed by atoms with Crippen molar-refractivity contribution < 1.29 is 21.9 Å². The predicted octanol–water partition coefficient (Wildman–Crippen LogP) is 5.51. The number of ether oxygens (including phenoxy) is 1. The highest BCUT2D eigenvalue weighted by molar-refractivity contribution is 7.92. The van der Waals surface area contributed by atoms with Crippen LogP contribution in [0.25, 0.3) is 33.2 Å². The normalized spacial score (nSPS) is 11.5. The van der Waals surface area contributed by atoms with Crippen molar-refractivity contribution in [2.24, 2.45) is 0 Å². The second kappa shape index (κ2) is 9.01. The van der Waals surface area contributed by atoms with E-state index in [4.69, 9.17) is 4.74 Å². The van der Waals surface area contributed by atoms with Crippen LogP contribution in [0.2, 0.25) is 0 Å². The molecule has 176 valence electrons. The van der Waals surface area contributed by atoms with Crippen molar-refractivity contribution in [3.05, 3.63) is 84.7 Å². The number of nitrogens with zero attached hydrogens (tertiary/aromatic N) is 3. The predicted molar refractivity (Wildman–Crippen MR) is 130 cm³/mol. The first-order valence-electron chi connectivity index (χ1n) is 10.2. The minimum atomic E-state index is -3.86. The molecule has 0 aliphatic heterocycles. The standard InChI is InChI=1S/C24H16F2N4O3S2/c1-33-22-11-14(16-8-17(25)12-18(26)9-16)2-4-21(22)24-20-5-3-19(10-15(20)6-7-27-24)35(31,32)30-23-13-28-34-29-23/h2-13H,1H3,(H,29,30). The molecule has 0 bridgehead atoms. The summed E-state index contributed by atoms with van der Waals surface area (Å²) in [6, 6.07) is 14.8. The number of anilines is 1. The summed E-state index contributed by atoms with van der Waals surface area (Å²) in [5.74, 6) is -0.759. The third kappa shape index (κ3) is 4.55. The second-order valence-electron chi connectivity index (χ2n) is 7.51. The van der Waals surface area contributed by atoms with Gasteiger partial charge in [0.2, 0.25) is 0 Å². The van der Waals surface area contributed by atoms with E-state index in [9.17, 15) is 17.2 Å². The summed E-state index contributed by atoms with van der Waals surface area (Å²) in [4.78, 5) is 4.55. The van der Waals surface area contributed by atoms with E-state index in [-0.39, 0.29) is 10.7 Å². The topological polar surface area (TPSA) is 94.1 Å². The summed E-state index contributed by atoms with van der Waals surface area (Å²) in [5.41, 5.74) is 2.15. The van der Waals surface area contributed by atoms with Gasteiger partial charge in [0.15, 0.2) is 5.82 Å². The maximum atomic E-state index is 13.7. The average molecular weight is 511 g/mol. The maximum absolute atomic E-state index is 13.7. The van der Waals surface area contributed by atoms with Crippen molar-refractivity contribution in [2.75, 3.05) is 11.8 Å². The van der Waals surface area contributed by atoms with Crippen LogP contribution in [0, 0.1) is 11.6 Å². The molecule has 2 aromatic heterocycles. The third-order valence-electron chi connectivity index (χ3n) is 5.30. The molecule has 1 N–H and O–H groups in total. The number of aromatic nitrogens is 3. The fourth-order valence-electron chi connectivity index (χ4n) is 3.73. The molecule has 0 aliphatic carbocycles. The van der Waals surface area contributed by atoms with Gasteiger partial charge in [0.25, 0.3) is 10.0 Å². The van der Waals surface area contributed by atoms with Gasteiger partial charge in [0.05, 0.1) is 35.6 Å². The lowest BCUT2D eigenvalue weighted by Crippen LogP contribution is -2.13. The molecule has 7 nitrogen and oxygen atoms in total. The summed E-state index contributed by atoms with van der Waals surface area (Å²) in [6.45, 7) is 0. The van der Waals surface area contributed by atoms with Crippen molar-refractivity contribution in [3.8, 4) is 28.1 Å². The van der Waals surface area contributed by atoms with Gasteiger partial charge in [-0.2, -0.15) is 8.75 Å². The van der Waals surface area contributed by atoms with Gasteiger partial charge >= 0.3 is 0 Å². The molecule has 2 heterocycles. The van der Waals surface area contributed by atoms with Gasteiger partial charge in [-0.1, -0.05) is 12.1 Å². The first kappa shape index (κ1) is 22.8. The van der Waals surface area contributed by atoms with Gasteiger partial charge in [-0.25, -0.2) is 17.2 Å². The Balaban J connectivity index is 1.57. The van der Waals surface area contributed by atoms with Crippen LogP contribution in [0.4, 0.5) is 14.6 Å². The molecular formula is C24H16F2N4O3S2. The Hall–Kier alpha value is -3.96. The van der Waals surface area contributed by atoms with Crippen LogP contribution < -0.4 is 9.46 Å². The molecule has 35 heavy (non-hydrogen) atoms. The van der Waals surface area contributed by atoms with Crippen molar-refractivity contribution >= 4 is 38.3 Å². The molecule has 0 saturated carbocycles. The Morgan fingerprint density at radius 1 is 0.943 bits per heavy atom. The highest BCUT2D eigenvalue weighted by atomic mass is 32.2. The number of hydrogen-bond acceptors (Lipinski definition) is 7. The highest BCUT2D eigenvalue weighted by Gasteiger charge is 2.18. The van der Waals surface area contributed by atoms with Crippen LogP contribution in [0.15, 0.2) is 78.0 Å². The number of fused-ring (bicyclic) bond motifs is 1. The number of rotatable bonds is 6. The van der Waals surface area contributed by atoms with E-state index in [2.05, 4.69) is 18.5 Å². The second-order valence-corrected chi connectivity index (χ2v) is 9.75. The van der Waals surface area contributed by atoms with Crippen LogP contribution in [-0.4, -0.2) is 29.3 Å². The first-order valence-corrected chi connectivity index (χ1v) is 12.4. The van der Waals surface area contributed by atoms with E-state index in [1.807, 2.05) is 0 Å². The maximum Gasteiger partial charge on any atom is 0.263 e. The first-order chi connectivity index (χ1) is 16.8. The zero-order valence-electron chi connectivity index (χ0n) is 18.1. The number of methoxy groups -OCH3 is 1. The van der Waals surface area contributed by atoms with E-state index in [1.165, 1.54) is 31.5 Å². The molecule has 0 fully saturated rings. The summed E-state index contributed by atoms with van der Waals surface area (Å²) < 4.78 is 68.5. The minimum Gasteiger partial charge on any atom is -0.496 e. The number of nitrogens with one attached hydrogen (secondary N) is 1. The zero-order valence-corrected chi connectivity index (χ0v) is 19.7. The van der Waals surface area contributed by atoms with Crippen LogP contribution in [0.5, 0.6) is 5.75 Å². The summed E-state index contributed by atoms with van der Waals surface area (Å²) in [5, 5.41) is 1.34. The van der Waals surface area contributed by atoms with Gasteiger partial charge < -0.3 is 4.74 Å². The highest BCUT2D eigenvalue weighted by Crippen LogP contribution is 2.37. The molecule has 0 amide bonds. The Morgan fingerprint density at radius 3 is 2.46 bits per heavy atom. The molecule has 0 spiro atoms. The summed E-state index contributed by atoms with van der Waals surface area (Å²) in [6.07, 6.45) is 2.90. The zero-order chi connectivity index (χ0) is 24.6. The molecule has 11 heteroatoms. The molecule has 0 aliphatic rings. The number of sulfonamides is 1. The van der Waals surface area contributed by atoms with Gasteiger partial charge in [0, 0.05) is 23.2 Å². The van der Waals surface area contributed by atoms with Crippen molar-refractivity contribution in [2.45, 2.75) is 4.90 Å². The average Bonchev–Trinajstić information content (AvgIpc) is 3.34. The number of benzene rings is 3. The SMILES string of the molecule is COc1cc(-c2cc(F)cc(F)c2)ccc1-c1nccc2cc(S(=O)(=O)Nc3cnsn3)ccc12. The lowest BCUT2D eigenvalue weighted by molar-refractivity contribution is 0.416. The Bertz CT molecular complexity index is 1640. The van der Waals surface area contributed by atoms with Gasteiger partial charge in [-0.3, -0.25) is 9.71 Å². The van der Waals surface area contributed by atoms with Crippen LogP contribution >= 0.6 is 11.7 Å². The van der Waals surface area contributed by atoms with Gasteiger partial charge in [-0.05, 0) is 59.0 Å². The van der Waals surface area contributed by atoms with Crippen LogP contribution in [0.3, 0.4) is 0 Å². The van der Waals surface area contributed by atoms with Gasteiger partial charge in [-0.15, -0.1) is 0 Å². The minimum absolute atomic E-state index is 0.0607. The largest absolute Gasteiger partial charge is 0.496 e. The van der Waals surface area contributed by atoms with Crippen molar-refractivity contribution in [3.63, 3.8) is 0 Å². The Kier molecular flexibility index (Phi) is 5.87. The molecular weight excluding hydrogens is 494 g/mol. The number of pyridine rings is 1. The van der Waals surface area contributed by atoms with E-state index in [0.717, 1.165) is 17.8 Å². The number of hydrogen-bond donors (Lipinski definition) is 1. The Morgan fingerprint density at radius 2 is 1.74 bits per heavy atom. The molecule has 5 aromatic rings. The molecule has 0 atom stereocenters. The quantitative estimate of drug-likeness (QED) is 0.324. The lowest BCUT2D eigenvalue weighted by Gasteiger charge is -2.13. The lowest BCUT2D eigenvalue weighted by atomic mass is 9.99. The van der Waals surface area contributed by atoms with Crippen molar-refractivity contribution in [1.29, 1.82) is 0 Å².